The Morgan fingerprint density at radius 2 is 1.90 bits per heavy atom. The van der Waals surface area contributed by atoms with Gasteiger partial charge in [0.05, 0.1) is 19.8 Å². The lowest BCUT2D eigenvalue weighted by Crippen LogP contribution is -2.05. The van der Waals surface area contributed by atoms with Crippen LogP contribution in [-0.2, 0) is 9.47 Å². The van der Waals surface area contributed by atoms with Crippen LogP contribution < -0.4 is 0 Å². The highest BCUT2D eigenvalue weighted by Crippen LogP contribution is 1.82. The van der Waals surface area contributed by atoms with Gasteiger partial charge in [-0.15, -0.1) is 6.42 Å². The molecule has 0 radical (unpaired) electrons. The lowest BCUT2D eigenvalue weighted by Gasteiger charge is -2.00. The predicted molar refractivity (Wildman–Crippen MR) is 44.3 cm³/mol. The second-order valence-corrected chi connectivity index (χ2v) is 2.35. The van der Waals surface area contributed by atoms with Gasteiger partial charge < -0.3 is 9.47 Å². The quantitative estimate of drug-likeness (QED) is 0.368. The molecule has 0 aliphatic heterocycles. The highest BCUT2D eigenvalue weighted by Gasteiger charge is 1.85. The molecule has 0 bridgehead atoms. The number of halogens is 1. The van der Waals surface area contributed by atoms with E-state index in [-0.39, 0.29) is 0 Å². The Bertz CT molecular complexity index is 98.3. The van der Waals surface area contributed by atoms with Crippen LogP contribution in [0.3, 0.4) is 0 Å². The van der Waals surface area contributed by atoms with E-state index in [1.54, 1.807) is 0 Å². The summed E-state index contributed by atoms with van der Waals surface area (Å²) in [4.78, 5) is 0. The zero-order valence-electron chi connectivity index (χ0n) is 5.81. The van der Waals surface area contributed by atoms with Gasteiger partial charge in [0.2, 0.25) is 0 Å². The molecule has 0 saturated heterocycles. The first kappa shape index (κ1) is 9.96. The van der Waals surface area contributed by atoms with Gasteiger partial charge in [-0.3, -0.25) is 0 Å². The largest absolute Gasteiger partial charge is 0.378 e. The van der Waals surface area contributed by atoms with Crippen molar-refractivity contribution in [3.8, 4) is 12.3 Å². The number of alkyl halides is 1. The van der Waals surface area contributed by atoms with Crippen LogP contribution in [0.15, 0.2) is 0 Å². The molecule has 0 aliphatic carbocycles. The van der Waals surface area contributed by atoms with Gasteiger partial charge in [0, 0.05) is 5.33 Å². The summed E-state index contributed by atoms with van der Waals surface area (Å²) in [5.74, 6) is 2.37. The molecular weight excluding hydrogens is 196 g/mol. The second-order valence-electron chi connectivity index (χ2n) is 1.56. The summed E-state index contributed by atoms with van der Waals surface area (Å²) in [7, 11) is 0. The molecule has 0 amide bonds. The summed E-state index contributed by atoms with van der Waals surface area (Å²) >= 11 is 3.23. The van der Waals surface area contributed by atoms with Gasteiger partial charge in [-0.1, -0.05) is 21.9 Å². The molecule has 0 spiro atoms. The van der Waals surface area contributed by atoms with Crippen LogP contribution >= 0.6 is 15.9 Å². The van der Waals surface area contributed by atoms with E-state index in [1.165, 1.54) is 0 Å². The number of terminal acetylenes is 1. The number of hydrogen-bond donors (Lipinski definition) is 0. The van der Waals surface area contributed by atoms with Crippen LogP contribution in [0.4, 0.5) is 0 Å². The maximum absolute atomic E-state index is 5.09. The Kier molecular flexibility index (Phi) is 8.92. The zero-order chi connectivity index (χ0) is 7.66. The highest BCUT2D eigenvalue weighted by atomic mass is 79.9. The normalized spacial score (nSPS) is 9.20. The van der Waals surface area contributed by atoms with Crippen LogP contribution in [0.2, 0.25) is 0 Å². The Hall–Kier alpha value is -0.0400. The molecule has 10 heavy (non-hydrogen) atoms. The Labute approximate surface area is 70.0 Å². The molecular formula is C7H11BrO2. The average Bonchev–Trinajstić information content (AvgIpc) is 1.97. The van der Waals surface area contributed by atoms with Crippen molar-refractivity contribution >= 4 is 15.9 Å². The monoisotopic (exact) mass is 206 g/mol. The van der Waals surface area contributed by atoms with Gasteiger partial charge in [0.15, 0.2) is 0 Å². The summed E-state index contributed by atoms with van der Waals surface area (Å²) in [6.45, 7) is 2.29. The van der Waals surface area contributed by atoms with Gasteiger partial charge in [-0.25, -0.2) is 0 Å². The summed E-state index contributed by atoms with van der Waals surface area (Å²) in [6.07, 6.45) is 4.95. The molecule has 0 heterocycles. The molecule has 0 aliphatic rings. The number of hydrogen-bond acceptors (Lipinski definition) is 2. The van der Waals surface area contributed by atoms with Gasteiger partial charge >= 0.3 is 0 Å². The standard InChI is InChI=1S/C7H11BrO2/c1-2-4-9-6-7-10-5-3-8/h1H,3-7H2. The summed E-state index contributed by atoms with van der Waals surface area (Å²) in [5, 5.41) is 0.863. The van der Waals surface area contributed by atoms with Gasteiger partial charge in [-0.05, 0) is 0 Å². The van der Waals surface area contributed by atoms with E-state index in [0.717, 1.165) is 11.9 Å². The third-order valence-electron chi connectivity index (χ3n) is 0.779. The fraction of sp³-hybridized carbons (Fsp3) is 0.714. The first-order valence-corrected chi connectivity index (χ1v) is 4.19. The van der Waals surface area contributed by atoms with Crippen molar-refractivity contribution in [2.45, 2.75) is 0 Å². The van der Waals surface area contributed by atoms with Crippen molar-refractivity contribution in [3.63, 3.8) is 0 Å². The van der Waals surface area contributed by atoms with Crippen molar-refractivity contribution in [1.29, 1.82) is 0 Å². The first-order valence-electron chi connectivity index (χ1n) is 3.06. The van der Waals surface area contributed by atoms with E-state index in [1.807, 2.05) is 0 Å². The SMILES string of the molecule is C#CCOCCOCCBr. The molecule has 0 unspecified atom stereocenters. The minimum Gasteiger partial charge on any atom is -0.378 e. The lowest BCUT2D eigenvalue weighted by molar-refractivity contribution is 0.0677. The molecule has 0 atom stereocenters. The maximum Gasteiger partial charge on any atom is 0.107 e. The Morgan fingerprint density at radius 1 is 1.20 bits per heavy atom. The summed E-state index contributed by atoms with van der Waals surface area (Å²) in [6, 6.07) is 0. The van der Waals surface area contributed by atoms with Crippen molar-refractivity contribution in [1.82, 2.24) is 0 Å². The van der Waals surface area contributed by atoms with Gasteiger partial charge in [0.1, 0.15) is 6.61 Å². The summed E-state index contributed by atoms with van der Waals surface area (Å²) in [5.41, 5.74) is 0. The van der Waals surface area contributed by atoms with Gasteiger partial charge in [0.25, 0.3) is 0 Å². The molecule has 0 aromatic heterocycles. The summed E-state index contributed by atoms with van der Waals surface area (Å²) < 4.78 is 10.0. The molecule has 3 heteroatoms. The smallest absolute Gasteiger partial charge is 0.107 e. The average molecular weight is 207 g/mol. The van der Waals surface area contributed by atoms with E-state index in [9.17, 15) is 0 Å². The van der Waals surface area contributed by atoms with Crippen LogP contribution in [0.5, 0.6) is 0 Å². The number of ether oxygens (including phenoxy) is 2. The molecule has 2 nitrogen and oxygen atoms in total. The van der Waals surface area contributed by atoms with Crippen molar-refractivity contribution < 1.29 is 9.47 Å². The van der Waals surface area contributed by atoms with Crippen molar-refractivity contribution in [2.24, 2.45) is 0 Å². The van der Waals surface area contributed by atoms with Crippen molar-refractivity contribution in [3.05, 3.63) is 0 Å². The zero-order valence-corrected chi connectivity index (χ0v) is 7.39. The predicted octanol–water partition coefficient (Wildman–Crippen LogP) is 1.05. The molecule has 0 fully saturated rings. The minimum absolute atomic E-state index is 0.373. The fourth-order valence-electron chi connectivity index (χ4n) is 0.406. The fourth-order valence-corrected chi connectivity index (χ4v) is 0.634. The van der Waals surface area contributed by atoms with Crippen molar-refractivity contribution in [2.75, 3.05) is 31.8 Å². The maximum atomic E-state index is 5.09. The van der Waals surface area contributed by atoms with Crippen LogP contribution in [0.1, 0.15) is 0 Å². The molecule has 0 saturated carbocycles. The molecule has 0 aromatic carbocycles. The highest BCUT2D eigenvalue weighted by molar-refractivity contribution is 9.09. The van der Waals surface area contributed by atoms with Crippen LogP contribution in [0.25, 0.3) is 0 Å². The minimum atomic E-state index is 0.373. The topological polar surface area (TPSA) is 18.5 Å². The van der Waals surface area contributed by atoms with E-state index in [2.05, 4.69) is 21.9 Å². The second kappa shape index (κ2) is 8.96. The first-order chi connectivity index (χ1) is 4.91. The Balaban J connectivity index is 2.72. The molecule has 0 aromatic rings. The third kappa shape index (κ3) is 7.96. The lowest BCUT2D eigenvalue weighted by atomic mass is 10.7. The molecule has 58 valence electrons. The Morgan fingerprint density at radius 3 is 2.50 bits per heavy atom. The van der Waals surface area contributed by atoms with E-state index >= 15 is 0 Å². The number of rotatable bonds is 6. The van der Waals surface area contributed by atoms with E-state index in [4.69, 9.17) is 15.9 Å². The van der Waals surface area contributed by atoms with Crippen LogP contribution in [0, 0.1) is 12.3 Å². The van der Waals surface area contributed by atoms with Crippen LogP contribution in [-0.4, -0.2) is 31.8 Å². The van der Waals surface area contributed by atoms with E-state index in [0.29, 0.717) is 19.8 Å². The molecule has 0 rings (SSSR count). The molecule has 0 N–H and O–H groups in total. The third-order valence-corrected chi connectivity index (χ3v) is 1.10. The van der Waals surface area contributed by atoms with E-state index < -0.39 is 0 Å². The van der Waals surface area contributed by atoms with Gasteiger partial charge in [-0.2, -0.15) is 0 Å².